The average Bonchev–Trinajstić information content (AvgIpc) is 2.88. The average molecular weight is 523 g/mol. The van der Waals surface area contributed by atoms with Crippen LogP contribution >= 0.6 is 0 Å². The Hall–Kier alpha value is -3.27. The van der Waals surface area contributed by atoms with Crippen molar-refractivity contribution in [2.24, 2.45) is 11.7 Å². The first kappa shape index (κ1) is 26.8. The molecule has 0 aliphatic carbocycles. The van der Waals surface area contributed by atoms with Crippen molar-refractivity contribution in [1.82, 2.24) is 9.62 Å². The summed E-state index contributed by atoms with van der Waals surface area (Å²) < 4.78 is 30.1. The standard InChI is InChI=1S/C28H34N4O4S/c1-4-20-17-32(28(34)19(3)29)16-15-24(20)31-37(35,36)26-14-13-25(22-11-7-8-12-23(22)26)30-27(33)21-10-6-5-9-18(21)2/h5-14,19-20,24,31H,4,15-17,29H2,1-3H3,(H,30,33). The fourth-order valence-corrected chi connectivity index (χ4v) is 6.53. The Morgan fingerprint density at radius 3 is 2.41 bits per heavy atom. The van der Waals surface area contributed by atoms with Crippen LogP contribution in [0.25, 0.3) is 10.8 Å². The van der Waals surface area contributed by atoms with Crippen molar-refractivity contribution in [2.75, 3.05) is 18.4 Å². The van der Waals surface area contributed by atoms with Crippen LogP contribution in [-0.4, -0.2) is 50.3 Å². The normalized spacial score (nSPS) is 19.0. The van der Waals surface area contributed by atoms with E-state index in [0.717, 1.165) is 12.0 Å². The molecule has 3 aromatic rings. The maximum atomic E-state index is 13.6. The predicted octanol–water partition coefficient (Wildman–Crippen LogP) is 3.65. The zero-order chi connectivity index (χ0) is 26.7. The number of benzene rings is 3. The molecule has 2 amide bonds. The van der Waals surface area contributed by atoms with E-state index in [-0.39, 0.29) is 28.7 Å². The van der Waals surface area contributed by atoms with Crippen LogP contribution in [0.1, 0.15) is 42.6 Å². The molecule has 0 bridgehead atoms. The number of anilines is 1. The van der Waals surface area contributed by atoms with Gasteiger partial charge in [0.1, 0.15) is 0 Å². The Kier molecular flexibility index (Phi) is 7.96. The minimum Gasteiger partial charge on any atom is -0.341 e. The molecule has 3 aromatic carbocycles. The third kappa shape index (κ3) is 5.69. The van der Waals surface area contributed by atoms with Crippen LogP contribution in [-0.2, 0) is 14.8 Å². The van der Waals surface area contributed by atoms with Crippen LogP contribution in [0.2, 0.25) is 0 Å². The highest BCUT2D eigenvalue weighted by Crippen LogP contribution is 2.31. The molecule has 8 nitrogen and oxygen atoms in total. The second kappa shape index (κ2) is 11.0. The lowest BCUT2D eigenvalue weighted by atomic mass is 9.90. The molecule has 0 spiro atoms. The third-order valence-electron chi connectivity index (χ3n) is 7.08. The summed E-state index contributed by atoms with van der Waals surface area (Å²) in [6.07, 6.45) is 1.24. The van der Waals surface area contributed by atoms with E-state index in [2.05, 4.69) is 10.0 Å². The van der Waals surface area contributed by atoms with Gasteiger partial charge in [0, 0.05) is 41.2 Å². The molecule has 0 saturated carbocycles. The van der Waals surface area contributed by atoms with Crippen molar-refractivity contribution < 1.29 is 18.0 Å². The van der Waals surface area contributed by atoms with E-state index in [4.69, 9.17) is 5.73 Å². The van der Waals surface area contributed by atoms with Gasteiger partial charge in [0.25, 0.3) is 5.91 Å². The molecule has 1 heterocycles. The van der Waals surface area contributed by atoms with E-state index in [1.165, 1.54) is 6.07 Å². The molecule has 3 atom stereocenters. The van der Waals surface area contributed by atoms with Crippen LogP contribution in [0.4, 0.5) is 5.69 Å². The molecule has 1 saturated heterocycles. The number of carbonyl (C=O) groups is 2. The Morgan fingerprint density at radius 1 is 1.05 bits per heavy atom. The Bertz CT molecular complexity index is 1420. The molecule has 1 aliphatic rings. The number of carbonyl (C=O) groups excluding carboxylic acids is 2. The van der Waals surface area contributed by atoms with Crippen molar-refractivity contribution in [1.29, 1.82) is 0 Å². The highest BCUT2D eigenvalue weighted by atomic mass is 32.2. The largest absolute Gasteiger partial charge is 0.341 e. The SMILES string of the molecule is CCC1CN(C(=O)C(C)N)CCC1NS(=O)(=O)c1ccc(NC(=O)c2ccccc2C)c2ccccc12. The molecule has 196 valence electrons. The molecule has 4 N–H and O–H groups in total. The zero-order valence-electron chi connectivity index (χ0n) is 21.4. The first-order valence-electron chi connectivity index (χ1n) is 12.6. The van der Waals surface area contributed by atoms with Crippen LogP contribution in [0.5, 0.6) is 0 Å². The van der Waals surface area contributed by atoms with Gasteiger partial charge in [0.05, 0.1) is 10.9 Å². The molecule has 1 fully saturated rings. The number of rotatable bonds is 7. The molecular formula is C28H34N4O4S. The first-order chi connectivity index (χ1) is 17.6. The number of nitrogens with zero attached hydrogens (tertiary/aromatic N) is 1. The fourth-order valence-electron chi connectivity index (χ4n) is 4.98. The van der Waals surface area contributed by atoms with Crippen molar-refractivity contribution in [2.45, 2.75) is 50.6 Å². The molecular weight excluding hydrogens is 488 g/mol. The maximum Gasteiger partial charge on any atom is 0.255 e. The highest BCUT2D eigenvalue weighted by molar-refractivity contribution is 7.89. The van der Waals surface area contributed by atoms with Gasteiger partial charge in [-0.3, -0.25) is 9.59 Å². The Labute approximate surface area is 218 Å². The number of amides is 2. The number of piperidine rings is 1. The number of sulfonamides is 1. The van der Waals surface area contributed by atoms with Crippen molar-refractivity contribution >= 4 is 38.3 Å². The highest BCUT2D eigenvalue weighted by Gasteiger charge is 2.34. The van der Waals surface area contributed by atoms with Gasteiger partial charge in [0.2, 0.25) is 15.9 Å². The molecule has 37 heavy (non-hydrogen) atoms. The molecule has 4 rings (SSSR count). The van der Waals surface area contributed by atoms with Gasteiger partial charge in [0.15, 0.2) is 0 Å². The van der Waals surface area contributed by atoms with E-state index >= 15 is 0 Å². The number of aryl methyl sites for hydroxylation is 1. The van der Waals surface area contributed by atoms with Crippen molar-refractivity contribution in [3.8, 4) is 0 Å². The molecule has 0 aromatic heterocycles. The van der Waals surface area contributed by atoms with Gasteiger partial charge in [-0.2, -0.15) is 0 Å². The van der Waals surface area contributed by atoms with Crippen molar-refractivity contribution in [3.05, 3.63) is 71.8 Å². The summed E-state index contributed by atoms with van der Waals surface area (Å²) in [4.78, 5) is 27.2. The van der Waals surface area contributed by atoms with Crippen LogP contribution in [0.15, 0.2) is 65.6 Å². The number of fused-ring (bicyclic) bond motifs is 1. The van der Waals surface area contributed by atoms with Gasteiger partial charge < -0.3 is 16.0 Å². The smallest absolute Gasteiger partial charge is 0.255 e. The lowest BCUT2D eigenvalue weighted by Crippen LogP contribution is -2.54. The van der Waals surface area contributed by atoms with E-state index in [0.29, 0.717) is 41.5 Å². The fraction of sp³-hybridized carbons (Fsp3) is 0.357. The monoisotopic (exact) mass is 522 g/mol. The van der Waals surface area contributed by atoms with Gasteiger partial charge in [-0.25, -0.2) is 13.1 Å². The van der Waals surface area contributed by atoms with Gasteiger partial charge in [-0.15, -0.1) is 0 Å². The lowest BCUT2D eigenvalue weighted by molar-refractivity contribution is -0.134. The summed E-state index contributed by atoms with van der Waals surface area (Å²) in [5.74, 6) is -0.393. The van der Waals surface area contributed by atoms with Crippen molar-refractivity contribution in [3.63, 3.8) is 0 Å². The number of likely N-dealkylation sites (tertiary alicyclic amines) is 1. The van der Waals surface area contributed by atoms with E-state index in [1.807, 2.05) is 38.1 Å². The zero-order valence-corrected chi connectivity index (χ0v) is 22.2. The molecule has 1 aliphatic heterocycles. The third-order valence-corrected chi connectivity index (χ3v) is 8.63. The molecule has 0 radical (unpaired) electrons. The lowest BCUT2D eigenvalue weighted by Gasteiger charge is -2.39. The number of nitrogens with two attached hydrogens (primary N) is 1. The quantitative estimate of drug-likeness (QED) is 0.437. The molecule has 3 unspecified atom stereocenters. The minimum absolute atomic E-state index is 0.0230. The number of nitrogens with one attached hydrogen (secondary N) is 2. The second-order valence-corrected chi connectivity index (χ2v) is 11.4. The Balaban J connectivity index is 1.60. The summed E-state index contributed by atoms with van der Waals surface area (Å²) >= 11 is 0. The summed E-state index contributed by atoms with van der Waals surface area (Å²) in [7, 11) is -3.88. The maximum absolute atomic E-state index is 13.6. The Morgan fingerprint density at radius 2 is 1.73 bits per heavy atom. The van der Waals surface area contributed by atoms with E-state index in [9.17, 15) is 18.0 Å². The van der Waals surface area contributed by atoms with E-state index in [1.54, 1.807) is 42.2 Å². The topological polar surface area (TPSA) is 122 Å². The van der Waals surface area contributed by atoms with Crippen LogP contribution < -0.4 is 15.8 Å². The summed E-state index contributed by atoms with van der Waals surface area (Å²) in [6.45, 7) is 6.45. The van der Waals surface area contributed by atoms with E-state index < -0.39 is 16.1 Å². The first-order valence-corrected chi connectivity index (χ1v) is 14.1. The summed E-state index contributed by atoms with van der Waals surface area (Å²) in [5.41, 5.74) is 7.72. The van der Waals surface area contributed by atoms with Crippen LogP contribution in [0, 0.1) is 12.8 Å². The summed E-state index contributed by atoms with van der Waals surface area (Å²) in [5, 5.41) is 4.10. The van der Waals surface area contributed by atoms with Gasteiger partial charge >= 0.3 is 0 Å². The summed E-state index contributed by atoms with van der Waals surface area (Å²) in [6, 6.07) is 16.7. The van der Waals surface area contributed by atoms with Gasteiger partial charge in [-0.1, -0.05) is 55.8 Å². The minimum atomic E-state index is -3.88. The van der Waals surface area contributed by atoms with Gasteiger partial charge in [-0.05, 0) is 49.9 Å². The molecule has 9 heteroatoms. The number of hydrogen-bond acceptors (Lipinski definition) is 5. The van der Waals surface area contributed by atoms with Crippen LogP contribution in [0.3, 0.4) is 0 Å². The predicted molar refractivity (Wildman–Crippen MR) is 146 cm³/mol. The number of hydrogen-bond donors (Lipinski definition) is 3. The second-order valence-electron chi connectivity index (χ2n) is 9.68.